The molecular formula is C17H14N2O4. The van der Waals surface area contributed by atoms with Gasteiger partial charge in [0.1, 0.15) is 12.4 Å². The van der Waals surface area contributed by atoms with Gasteiger partial charge in [-0.3, -0.25) is 9.20 Å². The number of carbonyl (C=O) groups excluding carboxylic acids is 2. The maximum absolute atomic E-state index is 11.7. The van der Waals surface area contributed by atoms with E-state index in [2.05, 4.69) is 9.72 Å². The van der Waals surface area contributed by atoms with Crippen molar-refractivity contribution in [3.8, 4) is 5.75 Å². The van der Waals surface area contributed by atoms with Crippen LogP contribution < -0.4 is 4.74 Å². The lowest BCUT2D eigenvalue weighted by molar-refractivity contribution is 0.0597. The zero-order valence-corrected chi connectivity index (χ0v) is 12.4. The van der Waals surface area contributed by atoms with Gasteiger partial charge in [0.15, 0.2) is 17.8 Å². The van der Waals surface area contributed by atoms with Crippen LogP contribution >= 0.6 is 0 Å². The molecule has 0 bridgehead atoms. The number of benzene rings is 1. The topological polar surface area (TPSA) is 69.9 Å². The number of pyridine rings is 1. The molecule has 2 aromatic heterocycles. The van der Waals surface area contributed by atoms with E-state index in [0.29, 0.717) is 24.2 Å². The van der Waals surface area contributed by atoms with E-state index >= 15 is 0 Å². The van der Waals surface area contributed by atoms with E-state index in [9.17, 15) is 9.59 Å². The highest BCUT2D eigenvalue weighted by Crippen LogP contribution is 2.20. The third-order valence-electron chi connectivity index (χ3n) is 3.37. The average molecular weight is 310 g/mol. The zero-order valence-electron chi connectivity index (χ0n) is 12.4. The fourth-order valence-corrected chi connectivity index (χ4v) is 2.25. The minimum atomic E-state index is -0.589. The molecule has 6 nitrogen and oxygen atoms in total. The van der Waals surface area contributed by atoms with Crippen molar-refractivity contribution in [2.45, 2.75) is 6.61 Å². The lowest BCUT2D eigenvalue weighted by Crippen LogP contribution is -2.02. The Morgan fingerprint density at radius 3 is 2.70 bits per heavy atom. The standard InChI is InChI=1S/C17H14N2O4/c1-22-17(21)16-14-8-7-13(9-19(14)15(10-20)18-16)23-11-12-5-3-2-4-6-12/h2-10H,11H2,1H3. The molecule has 6 heteroatoms. The van der Waals surface area contributed by atoms with Crippen molar-refractivity contribution in [3.63, 3.8) is 0 Å². The van der Waals surface area contributed by atoms with Crippen LogP contribution in [0.4, 0.5) is 0 Å². The van der Waals surface area contributed by atoms with Gasteiger partial charge < -0.3 is 9.47 Å². The van der Waals surface area contributed by atoms with Gasteiger partial charge in [-0.25, -0.2) is 9.78 Å². The molecule has 23 heavy (non-hydrogen) atoms. The summed E-state index contributed by atoms with van der Waals surface area (Å²) in [5, 5.41) is 0. The molecular weight excluding hydrogens is 296 g/mol. The van der Waals surface area contributed by atoms with Crippen LogP contribution in [0, 0.1) is 0 Å². The van der Waals surface area contributed by atoms with E-state index in [1.165, 1.54) is 11.5 Å². The molecule has 0 aliphatic rings. The summed E-state index contributed by atoms with van der Waals surface area (Å²) in [6, 6.07) is 13.1. The first-order valence-corrected chi connectivity index (χ1v) is 6.95. The second kappa shape index (κ2) is 6.31. The number of aldehydes is 1. The van der Waals surface area contributed by atoms with Crippen molar-refractivity contribution in [2.24, 2.45) is 0 Å². The van der Waals surface area contributed by atoms with E-state index < -0.39 is 5.97 Å². The first-order chi connectivity index (χ1) is 11.2. The normalized spacial score (nSPS) is 10.5. The first kappa shape index (κ1) is 14.8. The number of aromatic nitrogens is 2. The summed E-state index contributed by atoms with van der Waals surface area (Å²) >= 11 is 0. The van der Waals surface area contributed by atoms with Crippen molar-refractivity contribution in [1.29, 1.82) is 0 Å². The van der Waals surface area contributed by atoms with Gasteiger partial charge in [0.2, 0.25) is 0 Å². The Balaban J connectivity index is 1.92. The van der Waals surface area contributed by atoms with E-state index in [1.54, 1.807) is 18.3 Å². The third kappa shape index (κ3) is 2.91. The van der Waals surface area contributed by atoms with Gasteiger partial charge in [0, 0.05) is 0 Å². The van der Waals surface area contributed by atoms with Crippen LogP contribution in [0.1, 0.15) is 26.7 Å². The number of methoxy groups -OCH3 is 1. The number of hydrogen-bond donors (Lipinski definition) is 0. The van der Waals surface area contributed by atoms with Crippen molar-refractivity contribution in [1.82, 2.24) is 9.38 Å². The first-order valence-electron chi connectivity index (χ1n) is 6.95. The Morgan fingerprint density at radius 2 is 2.00 bits per heavy atom. The number of fused-ring (bicyclic) bond motifs is 1. The van der Waals surface area contributed by atoms with E-state index in [0.717, 1.165) is 5.56 Å². The van der Waals surface area contributed by atoms with Gasteiger partial charge >= 0.3 is 5.97 Å². The molecule has 3 rings (SSSR count). The number of imidazole rings is 1. The Labute approximate surface area is 132 Å². The minimum Gasteiger partial charge on any atom is -0.487 e. The van der Waals surface area contributed by atoms with Crippen molar-refractivity contribution in [2.75, 3.05) is 7.11 Å². The SMILES string of the molecule is COC(=O)c1nc(C=O)n2cc(OCc3ccccc3)ccc12. The largest absolute Gasteiger partial charge is 0.487 e. The van der Waals surface area contributed by atoms with E-state index in [4.69, 9.17) is 4.74 Å². The monoisotopic (exact) mass is 310 g/mol. The average Bonchev–Trinajstić information content (AvgIpc) is 2.98. The maximum Gasteiger partial charge on any atom is 0.358 e. The Morgan fingerprint density at radius 1 is 1.22 bits per heavy atom. The highest BCUT2D eigenvalue weighted by Gasteiger charge is 2.18. The van der Waals surface area contributed by atoms with Crippen LogP contribution in [0.15, 0.2) is 48.7 Å². The molecule has 0 amide bonds. The summed E-state index contributed by atoms with van der Waals surface area (Å²) in [4.78, 5) is 26.9. The molecule has 0 saturated carbocycles. The Kier molecular flexibility index (Phi) is 4.05. The van der Waals surface area contributed by atoms with Crippen LogP contribution in [-0.2, 0) is 11.3 Å². The molecule has 0 aliphatic heterocycles. The lowest BCUT2D eigenvalue weighted by atomic mass is 10.2. The second-order valence-electron chi connectivity index (χ2n) is 4.82. The van der Waals surface area contributed by atoms with Crippen molar-refractivity contribution < 1.29 is 19.1 Å². The van der Waals surface area contributed by atoms with Gasteiger partial charge in [0.25, 0.3) is 0 Å². The molecule has 1 aromatic carbocycles. The zero-order chi connectivity index (χ0) is 16.2. The van der Waals surface area contributed by atoms with E-state index in [-0.39, 0.29) is 11.5 Å². The van der Waals surface area contributed by atoms with Crippen LogP contribution in [0.3, 0.4) is 0 Å². The third-order valence-corrected chi connectivity index (χ3v) is 3.37. The quantitative estimate of drug-likeness (QED) is 0.535. The summed E-state index contributed by atoms with van der Waals surface area (Å²) in [7, 11) is 1.27. The van der Waals surface area contributed by atoms with Gasteiger partial charge in [-0.2, -0.15) is 0 Å². The highest BCUT2D eigenvalue weighted by molar-refractivity contribution is 5.96. The summed E-state index contributed by atoms with van der Waals surface area (Å²) < 4.78 is 11.9. The van der Waals surface area contributed by atoms with Crippen LogP contribution in [-0.4, -0.2) is 28.7 Å². The summed E-state index contributed by atoms with van der Waals surface area (Å²) in [6.45, 7) is 0.404. The molecule has 0 atom stereocenters. The second-order valence-corrected chi connectivity index (χ2v) is 4.82. The fraction of sp³-hybridized carbons (Fsp3) is 0.118. The van der Waals surface area contributed by atoms with Gasteiger partial charge in [-0.1, -0.05) is 30.3 Å². The molecule has 0 N–H and O–H groups in total. The van der Waals surface area contributed by atoms with Crippen molar-refractivity contribution >= 4 is 17.8 Å². The summed E-state index contributed by atoms with van der Waals surface area (Å²) in [5.41, 5.74) is 1.62. The van der Waals surface area contributed by atoms with Gasteiger partial charge in [-0.05, 0) is 17.7 Å². The van der Waals surface area contributed by atoms with Crippen LogP contribution in [0.5, 0.6) is 5.75 Å². The summed E-state index contributed by atoms with van der Waals surface area (Å²) in [6.07, 6.45) is 2.21. The predicted octanol–water partition coefficient (Wildman–Crippen LogP) is 2.51. The molecule has 116 valence electrons. The van der Waals surface area contributed by atoms with Gasteiger partial charge in [0.05, 0.1) is 18.8 Å². The van der Waals surface area contributed by atoms with E-state index in [1.807, 2.05) is 30.3 Å². The fourth-order valence-electron chi connectivity index (χ4n) is 2.25. The smallest absolute Gasteiger partial charge is 0.358 e. The molecule has 0 radical (unpaired) electrons. The molecule has 0 unspecified atom stereocenters. The number of esters is 1. The number of rotatable bonds is 5. The molecule has 0 fully saturated rings. The van der Waals surface area contributed by atoms with Crippen molar-refractivity contribution in [3.05, 3.63) is 65.7 Å². The lowest BCUT2D eigenvalue weighted by Gasteiger charge is -2.07. The minimum absolute atomic E-state index is 0.101. The number of hydrogen-bond acceptors (Lipinski definition) is 5. The van der Waals surface area contributed by atoms with Crippen LogP contribution in [0.2, 0.25) is 0 Å². The molecule has 0 spiro atoms. The maximum atomic E-state index is 11.7. The Hall–Kier alpha value is -3.15. The molecule has 3 aromatic rings. The molecule has 0 saturated heterocycles. The number of ether oxygens (including phenoxy) is 2. The Bertz CT molecular complexity index is 856. The molecule has 2 heterocycles. The number of nitrogens with zero attached hydrogens (tertiary/aromatic N) is 2. The number of carbonyl (C=O) groups is 2. The predicted molar refractivity (Wildman–Crippen MR) is 82.7 cm³/mol. The van der Waals surface area contributed by atoms with Gasteiger partial charge in [-0.15, -0.1) is 0 Å². The summed E-state index contributed by atoms with van der Waals surface area (Å²) in [5.74, 6) is 0.0948. The molecule has 0 aliphatic carbocycles. The highest BCUT2D eigenvalue weighted by atomic mass is 16.5. The van der Waals surface area contributed by atoms with Crippen LogP contribution in [0.25, 0.3) is 5.52 Å².